The number of fused-ring (bicyclic) bond motifs is 6. The average molecular weight is 1150 g/mol. The summed E-state index contributed by atoms with van der Waals surface area (Å²) in [5.74, 6) is 0. The zero-order valence-corrected chi connectivity index (χ0v) is 48.4. The molecular formula is C82H50N8. The molecule has 8 nitrogen and oxygen atoms in total. The number of nitrogens with zero attached hydrogens (tertiary/aromatic N) is 8. The summed E-state index contributed by atoms with van der Waals surface area (Å²) in [5.41, 5.74) is 23.7. The van der Waals surface area contributed by atoms with Gasteiger partial charge < -0.3 is 9.13 Å². The molecule has 0 radical (unpaired) electrons. The third-order valence-electron chi connectivity index (χ3n) is 17.2. The third-order valence-corrected chi connectivity index (χ3v) is 17.2. The van der Waals surface area contributed by atoms with Crippen molar-refractivity contribution in [3.63, 3.8) is 0 Å². The maximum absolute atomic E-state index is 11.4. The van der Waals surface area contributed by atoms with Crippen LogP contribution in [-0.2, 0) is 0 Å². The van der Waals surface area contributed by atoms with E-state index in [-0.39, 0.29) is 0 Å². The summed E-state index contributed by atoms with van der Waals surface area (Å²) in [6, 6.07) is 101. The highest BCUT2D eigenvalue weighted by atomic mass is 15.0. The van der Waals surface area contributed by atoms with Crippen LogP contribution in [-0.4, -0.2) is 29.1 Å². The summed E-state index contributed by atoms with van der Waals surface area (Å²) in [6.07, 6.45) is 7.80. The standard InChI is InChI=1S/C82H50N8/c83-47-53-14-13-23-63(40-53)82-80(89-76-36-28-59(64-24-32-72(85-49-64)55-15-5-1-6-16-55)43-68(76)69-44-60(29-37-77(69)89)65-25-33-73(86-50-65)56-17-7-2-8-18-56)41-54(48-84)42-81(82)90-78-38-30-61(66-26-34-74(87-51-66)57-19-9-3-10-20-57)45-70(78)71-46-62(31-39-79(71)90)67-27-35-75(88-52-67)58-21-11-4-12-22-58/h1-46,49-52H. The molecule has 10 aromatic carbocycles. The Morgan fingerprint density at radius 2 is 0.522 bits per heavy atom. The molecule has 0 saturated carbocycles. The largest absolute Gasteiger partial charge is 0.308 e. The van der Waals surface area contributed by atoms with Gasteiger partial charge in [-0.25, -0.2) is 0 Å². The first-order valence-corrected chi connectivity index (χ1v) is 29.8. The highest BCUT2D eigenvalue weighted by Gasteiger charge is 2.25. The van der Waals surface area contributed by atoms with Gasteiger partial charge in [-0.3, -0.25) is 19.9 Å². The van der Waals surface area contributed by atoms with Crippen LogP contribution in [0.25, 0.3) is 156 Å². The first kappa shape index (κ1) is 52.9. The summed E-state index contributed by atoms with van der Waals surface area (Å²) in [7, 11) is 0. The average Bonchev–Trinajstić information content (AvgIpc) is 1.62. The van der Waals surface area contributed by atoms with Crippen LogP contribution < -0.4 is 0 Å². The first-order valence-electron chi connectivity index (χ1n) is 29.8. The van der Waals surface area contributed by atoms with Crippen molar-refractivity contribution in [3.05, 3.63) is 315 Å². The van der Waals surface area contributed by atoms with Crippen molar-refractivity contribution in [2.24, 2.45) is 0 Å². The van der Waals surface area contributed by atoms with E-state index in [2.05, 4.69) is 197 Å². The number of pyridine rings is 4. The van der Waals surface area contributed by atoms with Gasteiger partial charge in [-0.2, -0.15) is 10.5 Å². The fourth-order valence-corrected chi connectivity index (χ4v) is 12.7. The molecule has 0 unspecified atom stereocenters. The monoisotopic (exact) mass is 1150 g/mol. The highest BCUT2D eigenvalue weighted by Crippen LogP contribution is 2.46. The Hall–Kier alpha value is -12.6. The molecule has 0 aliphatic rings. The molecule has 8 heteroatoms. The van der Waals surface area contributed by atoms with E-state index in [0.29, 0.717) is 11.1 Å². The lowest BCUT2D eigenvalue weighted by Crippen LogP contribution is -2.05. The molecule has 0 N–H and O–H groups in total. The van der Waals surface area contributed by atoms with Gasteiger partial charge in [0.15, 0.2) is 0 Å². The summed E-state index contributed by atoms with van der Waals surface area (Å²) < 4.78 is 4.60. The van der Waals surface area contributed by atoms with Crippen LogP contribution in [0.5, 0.6) is 0 Å². The lowest BCUT2D eigenvalue weighted by atomic mass is 9.96. The number of nitriles is 2. The minimum atomic E-state index is 0.468. The van der Waals surface area contributed by atoms with Gasteiger partial charge >= 0.3 is 0 Å². The summed E-state index contributed by atoms with van der Waals surface area (Å²) in [5, 5.41) is 26.0. The molecule has 16 aromatic rings. The molecule has 0 aliphatic carbocycles. The quantitative estimate of drug-likeness (QED) is 0.128. The van der Waals surface area contributed by atoms with E-state index in [9.17, 15) is 10.5 Å². The zero-order valence-electron chi connectivity index (χ0n) is 48.4. The molecule has 16 rings (SSSR count). The van der Waals surface area contributed by atoms with Crippen molar-refractivity contribution in [1.82, 2.24) is 29.1 Å². The Kier molecular flexibility index (Phi) is 13.1. The van der Waals surface area contributed by atoms with Crippen LogP contribution in [0, 0.1) is 22.7 Å². The summed E-state index contributed by atoms with van der Waals surface area (Å²) in [4.78, 5) is 19.8. The molecular weight excluding hydrogens is 1100 g/mol. The van der Waals surface area contributed by atoms with E-state index in [1.807, 2.05) is 128 Å². The second kappa shape index (κ2) is 22.3. The van der Waals surface area contributed by atoms with E-state index >= 15 is 0 Å². The highest BCUT2D eigenvalue weighted by molar-refractivity contribution is 6.14. The SMILES string of the molecule is N#Cc1cccc(-c2c(-n3c4ccc(-c5ccc(-c6ccccc6)nc5)cc4c4cc(-c5ccc(-c6ccccc6)nc5)ccc43)cc(C#N)cc2-n2c3ccc(-c4ccc(-c5ccccc5)nc4)cc3c3cc(-c4ccc(-c5ccccc5)nc4)ccc32)c1. The molecule has 6 heterocycles. The van der Waals surface area contributed by atoms with E-state index in [4.69, 9.17) is 19.9 Å². The van der Waals surface area contributed by atoms with Crippen molar-refractivity contribution in [2.45, 2.75) is 0 Å². The molecule has 0 amide bonds. The Bertz CT molecular complexity index is 4900. The van der Waals surface area contributed by atoms with Crippen LogP contribution in [0.15, 0.2) is 304 Å². The summed E-state index contributed by atoms with van der Waals surface area (Å²) >= 11 is 0. The van der Waals surface area contributed by atoms with Crippen molar-refractivity contribution < 1.29 is 0 Å². The first-order chi connectivity index (χ1) is 44.5. The van der Waals surface area contributed by atoms with Crippen molar-refractivity contribution in [1.29, 1.82) is 10.5 Å². The minimum Gasteiger partial charge on any atom is -0.308 e. The van der Waals surface area contributed by atoms with Gasteiger partial charge in [0.25, 0.3) is 0 Å². The molecule has 0 saturated heterocycles. The normalized spacial score (nSPS) is 11.3. The number of hydrogen-bond donors (Lipinski definition) is 0. The van der Waals surface area contributed by atoms with Crippen LogP contribution in [0.3, 0.4) is 0 Å². The molecule has 90 heavy (non-hydrogen) atoms. The van der Waals surface area contributed by atoms with Gasteiger partial charge in [0.1, 0.15) is 0 Å². The fraction of sp³-hybridized carbons (Fsp3) is 0. The van der Waals surface area contributed by atoms with E-state index in [1.165, 1.54) is 0 Å². The van der Waals surface area contributed by atoms with Crippen LogP contribution in [0.1, 0.15) is 11.1 Å². The number of aromatic nitrogens is 6. The van der Waals surface area contributed by atoms with Gasteiger partial charge in [0.2, 0.25) is 0 Å². The van der Waals surface area contributed by atoms with Crippen LogP contribution in [0.2, 0.25) is 0 Å². The lowest BCUT2D eigenvalue weighted by molar-refractivity contribution is 1.13. The van der Waals surface area contributed by atoms with Crippen LogP contribution in [0.4, 0.5) is 0 Å². The van der Waals surface area contributed by atoms with Gasteiger partial charge in [-0.05, 0) is 125 Å². The maximum Gasteiger partial charge on any atom is 0.0993 e. The second-order valence-electron chi connectivity index (χ2n) is 22.5. The Morgan fingerprint density at radius 1 is 0.233 bits per heavy atom. The minimum absolute atomic E-state index is 0.468. The topological polar surface area (TPSA) is 109 Å². The smallest absolute Gasteiger partial charge is 0.0993 e. The molecule has 0 spiro atoms. The molecule has 6 aromatic heterocycles. The third kappa shape index (κ3) is 9.51. The molecule has 418 valence electrons. The van der Waals surface area contributed by atoms with Gasteiger partial charge in [-0.1, -0.05) is 182 Å². The van der Waals surface area contributed by atoms with Crippen molar-refractivity contribution in [3.8, 4) is 124 Å². The molecule has 0 bridgehead atoms. The fourth-order valence-electron chi connectivity index (χ4n) is 12.7. The second-order valence-corrected chi connectivity index (χ2v) is 22.5. The Morgan fingerprint density at radius 3 is 0.800 bits per heavy atom. The van der Waals surface area contributed by atoms with Gasteiger partial charge in [0.05, 0.1) is 79.5 Å². The van der Waals surface area contributed by atoms with E-state index < -0.39 is 0 Å². The predicted octanol–water partition coefficient (Wildman–Crippen LogP) is 20.2. The number of rotatable bonds is 11. The molecule has 0 aliphatic heterocycles. The number of benzene rings is 10. The van der Waals surface area contributed by atoms with Crippen molar-refractivity contribution in [2.75, 3.05) is 0 Å². The van der Waals surface area contributed by atoms with E-state index in [0.717, 1.165) is 156 Å². The maximum atomic E-state index is 11.4. The molecule has 0 fully saturated rings. The molecule has 0 atom stereocenters. The van der Waals surface area contributed by atoms with Crippen molar-refractivity contribution >= 4 is 43.6 Å². The van der Waals surface area contributed by atoms with Gasteiger partial charge in [0, 0.05) is 96.4 Å². The lowest BCUT2D eigenvalue weighted by Gasteiger charge is -2.21. The Labute approximate surface area is 519 Å². The van der Waals surface area contributed by atoms with Gasteiger partial charge in [-0.15, -0.1) is 0 Å². The van der Waals surface area contributed by atoms with E-state index in [1.54, 1.807) is 0 Å². The zero-order chi connectivity index (χ0) is 60.1. The summed E-state index contributed by atoms with van der Waals surface area (Å²) in [6.45, 7) is 0. The Balaban J connectivity index is 0.930. The van der Waals surface area contributed by atoms with Crippen LogP contribution >= 0.6 is 0 Å². The predicted molar refractivity (Wildman–Crippen MR) is 365 cm³/mol. The number of hydrogen-bond acceptors (Lipinski definition) is 6.